The highest BCUT2D eigenvalue weighted by molar-refractivity contribution is 6.30. The average molecular weight is 223 g/mol. The molecule has 4 nitrogen and oxygen atoms in total. The normalized spacial score (nSPS) is 21.3. The van der Waals surface area contributed by atoms with Gasteiger partial charge in [0, 0.05) is 18.7 Å². The molecule has 1 aliphatic heterocycles. The minimum Gasteiger partial charge on any atom is -0.316 e. The maximum absolute atomic E-state index is 6.27. The third-order valence-corrected chi connectivity index (χ3v) is 3.22. The second kappa shape index (κ2) is 3.47. The number of nitrogens with one attached hydrogen (secondary N) is 1. The fraction of sp³-hybridized carbons (Fsp3) is 0.400. The lowest BCUT2D eigenvalue weighted by molar-refractivity contribution is 0.742. The van der Waals surface area contributed by atoms with Gasteiger partial charge in [0.25, 0.3) is 0 Å². The first-order valence-electron chi connectivity index (χ1n) is 5.04. The molecule has 3 heterocycles. The molecule has 3 rings (SSSR count). The van der Waals surface area contributed by atoms with Crippen LogP contribution in [0.4, 0.5) is 0 Å². The van der Waals surface area contributed by atoms with E-state index in [1.807, 2.05) is 10.5 Å². The summed E-state index contributed by atoms with van der Waals surface area (Å²) in [7, 11) is 0. The van der Waals surface area contributed by atoms with Crippen molar-refractivity contribution in [3.63, 3.8) is 0 Å². The van der Waals surface area contributed by atoms with Crippen molar-refractivity contribution in [1.29, 1.82) is 0 Å². The third-order valence-electron chi connectivity index (χ3n) is 2.84. The van der Waals surface area contributed by atoms with Crippen molar-refractivity contribution in [2.45, 2.75) is 12.3 Å². The standard InChI is InChI=1S/C10H11ClN4/c11-10-9(7-1-3-12-5-7)14-8-2-4-13-6-15(8)10/h2,4,6-7,12H,1,3,5H2. The number of fused-ring (bicyclic) bond motifs is 1. The third kappa shape index (κ3) is 1.41. The molecule has 1 atom stereocenters. The summed E-state index contributed by atoms with van der Waals surface area (Å²) in [5.74, 6) is 0.442. The summed E-state index contributed by atoms with van der Waals surface area (Å²) in [5, 5.41) is 4.02. The van der Waals surface area contributed by atoms with Crippen LogP contribution in [0.15, 0.2) is 18.6 Å². The van der Waals surface area contributed by atoms with E-state index in [0.29, 0.717) is 11.1 Å². The van der Waals surface area contributed by atoms with E-state index >= 15 is 0 Å². The summed E-state index contributed by atoms with van der Waals surface area (Å²) in [5.41, 5.74) is 1.87. The molecule has 1 unspecified atom stereocenters. The van der Waals surface area contributed by atoms with E-state index in [2.05, 4.69) is 15.3 Å². The smallest absolute Gasteiger partial charge is 0.140 e. The number of halogens is 1. The maximum atomic E-state index is 6.27. The van der Waals surface area contributed by atoms with Crippen molar-refractivity contribution in [2.75, 3.05) is 13.1 Å². The van der Waals surface area contributed by atoms with E-state index in [1.165, 1.54) is 0 Å². The Bertz CT molecular complexity index is 487. The van der Waals surface area contributed by atoms with Gasteiger partial charge in [-0.1, -0.05) is 11.6 Å². The predicted molar refractivity (Wildman–Crippen MR) is 58.2 cm³/mol. The fourth-order valence-corrected chi connectivity index (χ4v) is 2.36. The van der Waals surface area contributed by atoms with Crippen LogP contribution in [0, 0.1) is 0 Å². The van der Waals surface area contributed by atoms with Crippen LogP contribution >= 0.6 is 11.6 Å². The quantitative estimate of drug-likeness (QED) is 0.795. The Balaban J connectivity index is 2.14. The zero-order valence-corrected chi connectivity index (χ0v) is 8.91. The molecule has 0 spiro atoms. The molecule has 1 saturated heterocycles. The average Bonchev–Trinajstić information content (AvgIpc) is 2.87. The lowest BCUT2D eigenvalue weighted by atomic mass is 10.1. The van der Waals surface area contributed by atoms with Gasteiger partial charge in [-0.2, -0.15) is 0 Å². The lowest BCUT2D eigenvalue weighted by Gasteiger charge is -2.03. The zero-order chi connectivity index (χ0) is 10.3. The van der Waals surface area contributed by atoms with Crippen molar-refractivity contribution >= 4 is 17.2 Å². The van der Waals surface area contributed by atoms with Crippen molar-refractivity contribution in [3.8, 4) is 0 Å². The van der Waals surface area contributed by atoms with E-state index in [9.17, 15) is 0 Å². The fourth-order valence-electron chi connectivity index (χ4n) is 2.04. The Morgan fingerprint density at radius 3 is 3.20 bits per heavy atom. The second-order valence-electron chi connectivity index (χ2n) is 3.79. The molecule has 0 amide bonds. The molecule has 1 aliphatic rings. The monoisotopic (exact) mass is 222 g/mol. The summed E-state index contributed by atoms with van der Waals surface area (Å²) in [6.07, 6.45) is 4.54. The topological polar surface area (TPSA) is 42.2 Å². The molecule has 2 aromatic heterocycles. The minimum absolute atomic E-state index is 0.442. The number of imidazole rings is 1. The SMILES string of the molecule is Clc1c(C2CCNC2)nc2ccncn12. The summed E-state index contributed by atoms with van der Waals surface area (Å²) < 4.78 is 1.83. The number of rotatable bonds is 1. The van der Waals surface area contributed by atoms with Gasteiger partial charge in [-0.25, -0.2) is 9.97 Å². The van der Waals surface area contributed by atoms with Gasteiger partial charge in [0.05, 0.1) is 5.69 Å². The van der Waals surface area contributed by atoms with Crippen LogP contribution in [0.25, 0.3) is 5.65 Å². The van der Waals surface area contributed by atoms with Crippen molar-refractivity contribution in [1.82, 2.24) is 19.7 Å². The highest BCUT2D eigenvalue weighted by Crippen LogP contribution is 2.28. The van der Waals surface area contributed by atoms with Gasteiger partial charge in [0.2, 0.25) is 0 Å². The largest absolute Gasteiger partial charge is 0.316 e. The minimum atomic E-state index is 0.442. The highest BCUT2D eigenvalue weighted by atomic mass is 35.5. The Labute approximate surface area is 92.3 Å². The first-order valence-corrected chi connectivity index (χ1v) is 5.42. The first kappa shape index (κ1) is 9.12. The Morgan fingerprint density at radius 1 is 1.53 bits per heavy atom. The van der Waals surface area contributed by atoms with Crippen LogP contribution in [0.5, 0.6) is 0 Å². The van der Waals surface area contributed by atoms with Gasteiger partial charge >= 0.3 is 0 Å². The van der Waals surface area contributed by atoms with Crippen LogP contribution in [0.2, 0.25) is 5.15 Å². The maximum Gasteiger partial charge on any atom is 0.140 e. The molecule has 1 N–H and O–H groups in total. The summed E-state index contributed by atoms with van der Waals surface area (Å²) in [6.45, 7) is 2.02. The summed E-state index contributed by atoms with van der Waals surface area (Å²) in [6, 6.07) is 1.87. The molecule has 0 saturated carbocycles. The van der Waals surface area contributed by atoms with Gasteiger partial charge in [-0.05, 0) is 19.0 Å². The van der Waals surface area contributed by atoms with E-state index in [4.69, 9.17) is 11.6 Å². The van der Waals surface area contributed by atoms with Crippen molar-refractivity contribution in [3.05, 3.63) is 29.4 Å². The second-order valence-corrected chi connectivity index (χ2v) is 4.14. The number of hydrogen-bond acceptors (Lipinski definition) is 3. The van der Waals surface area contributed by atoms with Crippen LogP contribution in [-0.2, 0) is 0 Å². The van der Waals surface area contributed by atoms with Crippen LogP contribution in [0.1, 0.15) is 18.0 Å². The van der Waals surface area contributed by atoms with E-state index in [1.54, 1.807) is 12.5 Å². The van der Waals surface area contributed by atoms with Crippen molar-refractivity contribution in [2.24, 2.45) is 0 Å². The molecule has 0 radical (unpaired) electrons. The number of aromatic nitrogens is 3. The molecule has 15 heavy (non-hydrogen) atoms. The van der Waals surface area contributed by atoms with E-state index in [-0.39, 0.29) is 0 Å². The Morgan fingerprint density at radius 2 is 2.47 bits per heavy atom. The molecule has 0 aliphatic carbocycles. The number of nitrogens with zero attached hydrogens (tertiary/aromatic N) is 3. The van der Waals surface area contributed by atoms with Gasteiger partial charge in [-0.3, -0.25) is 4.40 Å². The number of hydrogen-bond donors (Lipinski definition) is 1. The molecule has 2 aromatic rings. The first-order chi connectivity index (χ1) is 7.36. The molecular weight excluding hydrogens is 212 g/mol. The van der Waals surface area contributed by atoms with Gasteiger partial charge in [0.1, 0.15) is 17.1 Å². The Hall–Kier alpha value is -1.13. The molecular formula is C10H11ClN4. The zero-order valence-electron chi connectivity index (χ0n) is 8.15. The lowest BCUT2D eigenvalue weighted by Crippen LogP contribution is -2.08. The van der Waals surface area contributed by atoms with E-state index in [0.717, 1.165) is 30.9 Å². The van der Waals surface area contributed by atoms with Crippen LogP contribution < -0.4 is 5.32 Å². The molecule has 0 bridgehead atoms. The molecule has 1 fully saturated rings. The molecule has 78 valence electrons. The van der Waals surface area contributed by atoms with Crippen molar-refractivity contribution < 1.29 is 0 Å². The van der Waals surface area contributed by atoms with Gasteiger partial charge in [-0.15, -0.1) is 0 Å². The van der Waals surface area contributed by atoms with Crippen LogP contribution in [0.3, 0.4) is 0 Å². The van der Waals surface area contributed by atoms with Crippen LogP contribution in [-0.4, -0.2) is 27.5 Å². The molecule has 0 aromatic carbocycles. The Kier molecular flexibility index (Phi) is 2.11. The summed E-state index contributed by atoms with van der Waals surface area (Å²) in [4.78, 5) is 8.58. The van der Waals surface area contributed by atoms with Gasteiger partial charge < -0.3 is 5.32 Å². The van der Waals surface area contributed by atoms with Gasteiger partial charge in [0.15, 0.2) is 0 Å². The highest BCUT2D eigenvalue weighted by Gasteiger charge is 2.23. The predicted octanol–water partition coefficient (Wildman–Crippen LogP) is 1.46. The van der Waals surface area contributed by atoms with E-state index < -0.39 is 0 Å². The summed E-state index contributed by atoms with van der Waals surface area (Å²) >= 11 is 6.27. The molecule has 5 heteroatoms.